The van der Waals surface area contributed by atoms with Gasteiger partial charge < -0.3 is 10.1 Å². The molecule has 78 valence electrons. The van der Waals surface area contributed by atoms with Crippen LogP contribution in [0.1, 0.15) is 27.2 Å². The first-order valence-corrected chi connectivity index (χ1v) is 4.81. The van der Waals surface area contributed by atoms with Gasteiger partial charge in [-0.1, -0.05) is 20.8 Å². The Hall–Kier alpha value is -0.570. The van der Waals surface area contributed by atoms with Gasteiger partial charge in [0.25, 0.3) is 0 Å². The average molecular weight is 187 g/mol. The molecule has 0 saturated heterocycles. The van der Waals surface area contributed by atoms with Crippen molar-refractivity contribution >= 4 is 5.91 Å². The van der Waals surface area contributed by atoms with Crippen LogP contribution in [-0.4, -0.2) is 26.2 Å². The molecule has 1 atom stereocenters. The fourth-order valence-corrected chi connectivity index (χ4v) is 1.36. The van der Waals surface area contributed by atoms with Crippen molar-refractivity contribution in [1.82, 2.24) is 5.32 Å². The van der Waals surface area contributed by atoms with Gasteiger partial charge in [-0.2, -0.15) is 0 Å². The second-order valence-electron chi connectivity index (χ2n) is 3.97. The molecule has 1 N–H and O–H groups in total. The molecule has 0 aromatic rings. The smallest absolute Gasteiger partial charge is 0.245 e. The summed E-state index contributed by atoms with van der Waals surface area (Å²) in [6.45, 7) is 7.43. The highest BCUT2D eigenvalue weighted by Gasteiger charge is 2.06. The number of methoxy groups -OCH3 is 1. The van der Waals surface area contributed by atoms with Gasteiger partial charge in [0.05, 0.1) is 0 Å². The largest absolute Gasteiger partial charge is 0.375 e. The van der Waals surface area contributed by atoms with E-state index < -0.39 is 0 Å². The zero-order chi connectivity index (χ0) is 10.3. The van der Waals surface area contributed by atoms with Crippen molar-refractivity contribution in [1.29, 1.82) is 0 Å². The van der Waals surface area contributed by atoms with Gasteiger partial charge in [0.15, 0.2) is 0 Å². The zero-order valence-corrected chi connectivity index (χ0v) is 9.09. The van der Waals surface area contributed by atoms with Crippen LogP contribution in [0.3, 0.4) is 0 Å². The highest BCUT2D eigenvalue weighted by Crippen LogP contribution is 2.09. The maximum Gasteiger partial charge on any atom is 0.245 e. The van der Waals surface area contributed by atoms with Gasteiger partial charge in [-0.25, -0.2) is 0 Å². The molecular formula is C10H21NO2. The van der Waals surface area contributed by atoms with Crippen molar-refractivity contribution in [3.8, 4) is 0 Å². The minimum absolute atomic E-state index is 0.0295. The van der Waals surface area contributed by atoms with Gasteiger partial charge in [-0.3, -0.25) is 4.79 Å². The number of hydrogen-bond acceptors (Lipinski definition) is 2. The van der Waals surface area contributed by atoms with Gasteiger partial charge in [0.1, 0.15) is 6.61 Å². The molecule has 1 amide bonds. The maximum atomic E-state index is 11.0. The van der Waals surface area contributed by atoms with E-state index in [1.807, 2.05) is 0 Å². The van der Waals surface area contributed by atoms with Crippen LogP contribution in [0, 0.1) is 11.8 Å². The predicted molar refractivity (Wildman–Crippen MR) is 53.5 cm³/mol. The Bertz CT molecular complexity index is 146. The van der Waals surface area contributed by atoms with E-state index in [1.54, 1.807) is 0 Å². The Balaban J connectivity index is 3.45. The molecule has 13 heavy (non-hydrogen) atoms. The Morgan fingerprint density at radius 2 is 2.00 bits per heavy atom. The SMILES string of the molecule is COCC(=O)NCC(C)CC(C)C. The number of carbonyl (C=O) groups is 1. The molecule has 0 aromatic heterocycles. The monoisotopic (exact) mass is 187 g/mol. The number of nitrogens with one attached hydrogen (secondary N) is 1. The summed E-state index contributed by atoms with van der Waals surface area (Å²) in [5.41, 5.74) is 0. The van der Waals surface area contributed by atoms with Crippen molar-refractivity contribution in [2.45, 2.75) is 27.2 Å². The van der Waals surface area contributed by atoms with Crippen molar-refractivity contribution in [2.24, 2.45) is 11.8 Å². The molecule has 0 spiro atoms. The van der Waals surface area contributed by atoms with E-state index in [0.717, 1.165) is 13.0 Å². The minimum Gasteiger partial charge on any atom is -0.375 e. The summed E-state index contributed by atoms with van der Waals surface area (Å²) in [4.78, 5) is 11.0. The number of amides is 1. The molecule has 0 heterocycles. The van der Waals surface area contributed by atoms with Gasteiger partial charge >= 0.3 is 0 Å². The van der Waals surface area contributed by atoms with Gasteiger partial charge in [0, 0.05) is 13.7 Å². The lowest BCUT2D eigenvalue weighted by Gasteiger charge is -2.14. The summed E-state index contributed by atoms with van der Waals surface area (Å²) in [5.74, 6) is 1.20. The number of hydrogen-bond donors (Lipinski definition) is 1. The van der Waals surface area contributed by atoms with Crippen molar-refractivity contribution < 1.29 is 9.53 Å². The quantitative estimate of drug-likeness (QED) is 0.683. The fraction of sp³-hybridized carbons (Fsp3) is 0.900. The fourth-order valence-electron chi connectivity index (χ4n) is 1.36. The van der Waals surface area contributed by atoms with Crippen LogP contribution in [0.15, 0.2) is 0 Å². The van der Waals surface area contributed by atoms with E-state index in [4.69, 9.17) is 4.74 Å². The summed E-state index contributed by atoms with van der Waals surface area (Å²) in [6, 6.07) is 0. The van der Waals surface area contributed by atoms with Crippen molar-refractivity contribution in [2.75, 3.05) is 20.3 Å². The summed E-state index contributed by atoms with van der Waals surface area (Å²) in [7, 11) is 1.52. The third-order valence-corrected chi connectivity index (χ3v) is 1.80. The van der Waals surface area contributed by atoms with E-state index >= 15 is 0 Å². The molecule has 0 aliphatic heterocycles. The third kappa shape index (κ3) is 7.78. The standard InChI is InChI=1S/C10H21NO2/c1-8(2)5-9(3)6-11-10(12)7-13-4/h8-9H,5-7H2,1-4H3,(H,11,12). The average Bonchev–Trinajstić information content (AvgIpc) is 2.00. The molecule has 0 saturated carbocycles. The highest BCUT2D eigenvalue weighted by molar-refractivity contribution is 5.77. The Labute approximate surface area is 80.8 Å². The van der Waals surface area contributed by atoms with Crippen LogP contribution in [0.25, 0.3) is 0 Å². The molecule has 3 nitrogen and oxygen atoms in total. The molecule has 3 heteroatoms. The maximum absolute atomic E-state index is 11.0. The first kappa shape index (κ1) is 12.4. The molecule has 0 rings (SSSR count). The molecule has 1 unspecified atom stereocenters. The number of carbonyl (C=O) groups excluding carboxylic acids is 1. The summed E-state index contributed by atoms with van der Waals surface area (Å²) >= 11 is 0. The lowest BCUT2D eigenvalue weighted by atomic mass is 9.99. The second kappa shape index (κ2) is 6.89. The van der Waals surface area contributed by atoms with Crippen molar-refractivity contribution in [3.63, 3.8) is 0 Å². The predicted octanol–water partition coefficient (Wildman–Crippen LogP) is 1.43. The summed E-state index contributed by atoms with van der Waals surface area (Å²) in [6.07, 6.45) is 1.15. The van der Waals surface area contributed by atoms with E-state index in [0.29, 0.717) is 11.8 Å². The molecule has 0 bridgehead atoms. The van der Waals surface area contributed by atoms with E-state index in [9.17, 15) is 4.79 Å². The first-order valence-electron chi connectivity index (χ1n) is 4.81. The molecule has 0 aliphatic rings. The zero-order valence-electron chi connectivity index (χ0n) is 9.09. The Kier molecular flexibility index (Phi) is 6.59. The minimum atomic E-state index is -0.0295. The van der Waals surface area contributed by atoms with Gasteiger partial charge in [0.2, 0.25) is 5.91 Å². The van der Waals surface area contributed by atoms with Gasteiger partial charge in [-0.15, -0.1) is 0 Å². The summed E-state index contributed by atoms with van der Waals surface area (Å²) < 4.78 is 4.70. The Morgan fingerprint density at radius 3 is 2.46 bits per heavy atom. The van der Waals surface area contributed by atoms with Crippen LogP contribution in [0.4, 0.5) is 0 Å². The van der Waals surface area contributed by atoms with E-state index in [2.05, 4.69) is 26.1 Å². The highest BCUT2D eigenvalue weighted by atomic mass is 16.5. The molecule has 0 fully saturated rings. The van der Waals surface area contributed by atoms with Gasteiger partial charge in [-0.05, 0) is 18.3 Å². The molecular weight excluding hydrogens is 166 g/mol. The number of ether oxygens (including phenoxy) is 1. The van der Waals surface area contributed by atoms with Crippen LogP contribution >= 0.6 is 0 Å². The molecule has 0 radical (unpaired) electrons. The third-order valence-electron chi connectivity index (χ3n) is 1.80. The van der Waals surface area contributed by atoms with Crippen LogP contribution in [-0.2, 0) is 9.53 Å². The molecule has 0 aromatic carbocycles. The van der Waals surface area contributed by atoms with Crippen LogP contribution in [0.2, 0.25) is 0 Å². The summed E-state index contributed by atoms with van der Waals surface area (Å²) in [5, 5.41) is 2.82. The van der Waals surface area contributed by atoms with Crippen LogP contribution < -0.4 is 5.32 Å². The van der Waals surface area contributed by atoms with Crippen LogP contribution in [0.5, 0.6) is 0 Å². The van der Waals surface area contributed by atoms with Crippen molar-refractivity contribution in [3.05, 3.63) is 0 Å². The molecule has 0 aliphatic carbocycles. The lowest BCUT2D eigenvalue weighted by molar-refractivity contribution is -0.124. The lowest BCUT2D eigenvalue weighted by Crippen LogP contribution is -2.31. The number of rotatable bonds is 6. The normalized spacial score (nSPS) is 13.0. The Morgan fingerprint density at radius 1 is 1.38 bits per heavy atom. The second-order valence-corrected chi connectivity index (χ2v) is 3.97. The van der Waals surface area contributed by atoms with E-state index in [-0.39, 0.29) is 12.5 Å². The first-order chi connectivity index (χ1) is 6.06. The van der Waals surface area contributed by atoms with E-state index in [1.165, 1.54) is 7.11 Å². The topological polar surface area (TPSA) is 38.3 Å².